The van der Waals surface area contributed by atoms with Crippen LogP contribution in [0.2, 0.25) is 0 Å². The average Bonchev–Trinajstić information content (AvgIpc) is 0.863. The molecule has 9 heterocycles. The maximum Gasteiger partial charge on any atom is 0.394 e. The van der Waals surface area contributed by atoms with Crippen molar-refractivity contribution in [3.63, 3.8) is 0 Å². The van der Waals surface area contributed by atoms with Crippen LogP contribution < -0.4 is 54.4 Å². The topological polar surface area (TPSA) is 442 Å². The van der Waals surface area contributed by atoms with Gasteiger partial charge in [0.05, 0.1) is 64.4 Å². The van der Waals surface area contributed by atoms with Gasteiger partial charge in [0.1, 0.15) is 18.1 Å². The number of rotatable bonds is 15. The van der Waals surface area contributed by atoms with Gasteiger partial charge in [-0.15, -0.1) is 0 Å². The second kappa shape index (κ2) is 36.0. The Balaban J connectivity index is 0.000000172. The molecule has 0 bridgehead atoms. The summed E-state index contributed by atoms with van der Waals surface area (Å²) < 4.78 is 0. The van der Waals surface area contributed by atoms with E-state index >= 15 is 0 Å². The Hall–Kier alpha value is -11.9. The number of hydrogen-bond donors (Lipinski definition) is 11. The molecule has 3 aromatic heterocycles. The number of anilines is 6. The Morgan fingerprint density at radius 3 is 1.03 bits per heavy atom. The van der Waals surface area contributed by atoms with Crippen LogP contribution in [0.4, 0.5) is 34.1 Å². The van der Waals surface area contributed by atoms with Crippen LogP contribution in [0.15, 0.2) is 128 Å². The van der Waals surface area contributed by atoms with Gasteiger partial charge in [0.25, 0.3) is 0 Å². The Morgan fingerprint density at radius 1 is 0.415 bits per heavy atom. The molecule has 0 aliphatic carbocycles. The minimum atomic E-state index is -1.63. The molecule has 9 atom stereocenters. The third-order valence-electron chi connectivity index (χ3n) is 19.5. The van der Waals surface area contributed by atoms with E-state index in [2.05, 4.69) is 91.9 Å². The smallest absolute Gasteiger partial charge is 0.394 e. The van der Waals surface area contributed by atoms with Crippen molar-refractivity contribution in [2.75, 3.05) is 92.3 Å². The Labute approximate surface area is 613 Å². The lowest BCUT2D eigenvalue weighted by molar-refractivity contribution is -0.147. The molecule has 14 N–H and O–H groups in total. The fourth-order valence-electron chi connectivity index (χ4n) is 13.4. The zero-order chi connectivity index (χ0) is 76.5. The lowest BCUT2D eigenvalue weighted by Gasteiger charge is -2.38. The van der Waals surface area contributed by atoms with Crippen molar-refractivity contribution in [1.82, 2.24) is 44.8 Å². The van der Waals surface area contributed by atoms with E-state index in [1.54, 1.807) is 38.6 Å². The fourth-order valence-corrected chi connectivity index (χ4v) is 13.4. The molecule has 0 radical (unpaired) electrons. The first-order valence-electron chi connectivity index (χ1n) is 35.2. The Kier molecular flexibility index (Phi) is 26.6. The number of carbonyl (C=O) groups excluding carboxylic acids is 11. The summed E-state index contributed by atoms with van der Waals surface area (Å²) in [6, 6.07) is 27.4. The number of pyridine rings is 3. The van der Waals surface area contributed by atoms with E-state index in [1.807, 2.05) is 60.9 Å². The number of nitrogens with two attached hydrogens (primary N) is 3. The fraction of sp³-hybridized carbons (Fsp3) is 0.400. The number of likely N-dealkylation sites (tertiary alicyclic amines) is 5. The zero-order valence-corrected chi connectivity index (χ0v) is 60.1. The molecule has 11 amide bonds. The lowest BCUT2D eigenvalue weighted by atomic mass is 9.89. The first-order valence-corrected chi connectivity index (χ1v) is 35.2. The summed E-state index contributed by atoms with van der Waals surface area (Å²) in [4.78, 5) is 162. The van der Waals surface area contributed by atoms with Gasteiger partial charge in [-0.2, -0.15) is 0 Å². The monoisotopic (exact) mass is 1450 g/mol. The molecule has 31 nitrogen and oxygen atoms in total. The number of hydrogen-bond acceptors (Lipinski definition) is 19. The summed E-state index contributed by atoms with van der Waals surface area (Å²) in [6.45, 7) is 10.7. The molecule has 6 aliphatic heterocycles. The van der Waals surface area contributed by atoms with Crippen LogP contribution in [0.1, 0.15) is 144 Å². The van der Waals surface area contributed by atoms with E-state index in [4.69, 9.17) is 22.3 Å². The summed E-state index contributed by atoms with van der Waals surface area (Å²) in [6.07, 6.45) is 15.9. The number of benzene rings is 3. The number of likely N-dealkylation sites (N-methyl/N-ethyl adjacent to an activating group) is 3. The van der Waals surface area contributed by atoms with Gasteiger partial charge in [0, 0.05) is 95.6 Å². The van der Waals surface area contributed by atoms with Gasteiger partial charge in [-0.1, -0.05) is 57.2 Å². The van der Waals surface area contributed by atoms with Crippen LogP contribution in [0.25, 0.3) is 0 Å². The van der Waals surface area contributed by atoms with Crippen LogP contribution in [0.5, 0.6) is 0 Å². The molecule has 0 saturated carbocycles. The van der Waals surface area contributed by atoms with E-state index < -0.39 is 53.2 Å². The zero-order valence-electron chi connectivity index (χ0n) is 60.1. The molecule has 6 fully saturated rings. The summed E-state index contributed by atoms with van der Waals surface area (Å²) in [7, 11) is 5.45. The molecular formula is C75H92N18O13. The van der Waals surface area contributed by atoms with Crippen molar-refractivity contribution < 1.29 is 62.6 Å². The molecule has 6 aromatic rings. The molecule has 1 unspecified atom stereocenters. The highest BCUT2D eigenvalue weighted by atomic mass is 16.4. The quantitative estimate of drug-likeness (QED) is 0.0594. The van der Waals surface area contributed by atoms with Crippen molar-refractivity contribution in [1.29, 1.82) is 0 Å². The summed E-state index contributed by atoms with van der Waals surface area (Å²) in [5.41, 5.74) is 22.3. The van der Waals surface area contributed by atoms with Gasteiger partial charge in [-0.05, 0) is 153 Å². The van der Waals surface area contributed by atoms with Gasteiger partial charge in [-0.25, -0.2) is 4.79 Å². The normalized spacial score (nSPS) is 21.8. The van der Waals surface area contributed by atoms with Crippen LogP contribution in [-0.4, -0.2) is 194 Å². The van der Waals surface area contributed by atoms with Crippen molar-refractivity contribution in [3.8, 4) is 0 Å². The van der Waals surface area contributed by atoms with E-state index in [0.29, 0.717) is 19.1 Å². The van der Waals surface area contributed by atoms with E-state index in [9.17, 15) is 57.5 Å². The predicted molar refractivity (Wildman–Crippen MR) is 395 cm³/mol. The van der Waals surface area contributed by atoms with Crippen LogP contribution in [0.3, 0.4) is 0 Å². The molecule has 3 aromatic carbocycles. The molecule has 6 saturated heterocycles. The Bertz CT molecular complexity index is 4030. The van der Waals surface area contributed by atoms with Crippen LogP contribution >= 0.6 is 0 Å². The van der Waals surface area contributed by atoms with E-state index in [1.165, 1.54) is 73.8 Å². The van der Waals surface area contributed by atoms with E-state index in [0.717, 1.165) is 105 Å². The summed E-state index contributed by atoms with van der Waals surface area (Å²) in [5.74, 6) is -6.13. The summed E-state index contributed by atoms with van der Waals surface area (Å²) >= 11 is 0. The van der Waals surface area contributed by atoms with Crippen molar-refractivity contribution >= 4 is 105 Å². The number of nitrogens with one attached hydrogen (secondary N) is 7. The number of piperidine rings is 3. The number of carbonyl (C=O) groups is 12. The third kappa shape index (κ3) is 20.9. The van der Waals surface area contributed by atoms with Gasteiger partial charge in [-0.3, -0.25) is 67.7 Å². The molecule has 31 heteroatoms. The number of nitrogens with zero attached hydrogens (tertiary/aromatic N) is 8. The van der Waals surface area contributed by atoms with Crippen LogP contribution in [0, 0.1) is 17.8 Å². The number of carboxylic acid groups (broad SMARTS) is 1. The highest BCUT2D eigenvalue weighted by Crippen LogP contribution is 2.37. The van der Waals surface area contributed by atoms with Crippen molar-refractivity contribution in [2.24, 2.45) is 35.0 Å². The largest absolute Gasteiger partial charge is 0.474 e. The molecule has 106 heavy (non-hydrogen) atoms. The standard InChI is InChI=1S/2C25H30N6O4.C17H25N3O.C8H7N3O4/c2*1-15-3-8-21(16-4-6-18(7-5-16)28-20-9-10-30(2)24(20)34)31(14-15)25(35)23(33)29-19-11-17(22(26)32)12-27-13-19;1-12-3-8-15(18-11-12)13-4-6-14(7-5-13)19-16-9-10-20(2)17(16)21;9-6(12)4-1-5(3-10-2-4)11-7(13)8(14)15/h2*4-7,11-13,15,20-21,28H,3,8-10,14H2,1-2H3,(H2,26,32)(H,29,33);4-7,12,15-16,18-19H,3,8-11H2,1-2H3;1-3H,(H2,9,12)(H,11,13)(H,14,15)/t15-,20-,21+;15-,20-,21-;12-,15+,16?;/m111./s1. The maximum atomic E-state index is 13.2. The first-order chi connectivity index (χ1) is 50.6. The van der Waals surface area contributed by atoms with Crippen molar-refractivity contribution in [3.05, 3.63) is 162 Å². The van der Waals surface area contributed by atoms with Crippen LogP contribution in [-0.2, 0) is 43.2 Å². The lowest BCUT2D eigenvalue weighted by Crippen LogP contribution is -2.46. The second-order valence-electron chi connectivity index (χ2n) is 27.7. The number of amides is 11. The third-order valence-corrected chi connectivity index (χ3v) is 19.5. The van der Waals surface area contributed by atoms with Gasteiger partial charge in [0.15, 0.2) is 0 Å². The number of aliphatic carboxylic acids is 1. The second-order valence-corrected chi connectivity index (χ2v) is 27.7. The maximum absolute atomic E-state index is 13.2. The van der Waals surface area contributed by atoms with Gasteiger partial charge < -0.3 is 84.0 Å². The van der Waals surface area contributed by atoms with Gasteiger partial charge in [0.2, 0.25) is 35.4 Å². The molecule has 12 rings (SSSR count). The average molecular weight is 1450 g/mol. The molecular weight excluding hydrogens is 1360 g/mol. The first kappa shape index (κ1) is 78.3. The molecule has 6 aliphatic rings. The number of carboxylic acids is 1. The summed E-state index contributed by atoms with van der Waals surface area (Å²) in [5, 5.41) is 28.9. The molecule has 0 spiro atoms. The minimum Gasteiger partial charge on any atom is -0.474 e. The Morgan fingerprint density at radius 2 is 0.736 bits per heavy atom. The minimum absolute atomic E-state index is 0.0606. The SMILES string of the molecule is C[C@@H]1CC[C@@H](c2ccc(NC3CCN(C)C3=O)cc2)NC1.C[C@@H]1CC[C@@H](c2ccc(N[C@@H]3CCN(C)C3=O)cc2)N(C(=O)C(=O)Nc2cncc(C(N)=O)c2)C1.C[C@@H]1CC[C@H](c2ccc(N[C@@H]3CCN(C)C3=O)cc2)N(C(=O)C(=O)Nc2cncc(C(N)=O)c2)C1.NC(=O)c1cncc(NC(=O)C(=O)O)c1. The highest BCUT2D eigenvalue weighted by Gasteiger charge is 2.38. The highest BCUT2D eigenvalue weighted by molar-refractivity contribution is 6.40. The van der Waals surface area contributed by atoms with E-state index in [-0.39, 0.29) is 93.5 Å². The number of aromatic nitrogens is 3. The number of primary amides is 3. The van der Waals surface area contributed by atoms with Gasteiger partial charge >= 0.3 is 35.5 Å². The van der Waals surface area contributed by atoms with Crippen molar-refractivity contribution in [2.45, 2.75) is 115 Å². The molecule has 560 valence electrons. The predicted octanol–water partition coefficient (Wildman–Crippen LogP) is 5.12.